The lowest BCUT2D eigenvalue weighted by Gasteiger charge is -2.30. The van der Waals surface area contributed by atoms with Gasteiger partial charge in [0.05, 0.1) is 0 Å². The molecule has 1 aromatic carbocycles. The molecule has 1 aromatic heterocycles. The summed E-state index contributed by atoms with van der Waals surface area (Å²) in [7, 11) is 0. The molecule has 1 nitrogen and oxygen atoms in total. The quantitative estimate of drug-likeness (QED) is 0.866. The van der Waals surface area contributed by atoms with E-state index >= 15 is 0 Å². The molecule has 0 aliphatic carbocycles. The monoisotopic (exact) mass is 336 g/mol. The Morgan fingerprint density at radius 3 is 2.11 bits per heavy atom. The third-order valence-corrected chi connectivity index (χ3v) is 4.06. The molecular weight excluding hydrogens is 329 g/mol. The van der Waals surface area contributed by atoms with Crippen molar-refractivity contribution in [1.82, 2.24) is 0 Å². The van der Waals surface area contributed by atoms with Crippen molar-refractivity contribution >= 4 is 27.3 Å². The van der Waals surface area contributed by atoms with Gasteiger partial charge in [-0.25, -0.2) is 0 Å². The Kier molecular flexibility index (Phi) is 3.53. The molecule has 0 aliphatic heterocycles. The number of aliphatic hydroxyl groups is 1. The van der Waals surface area contributed by atoms with Crippen LogP contribution in [0.3, 0.4) is 0 Å². The third kappa shape index (κ3) is 2.20. The van der Waals surface area contributed by atoms with Gasteiger partial charge in [-0.05, 0) is 29.1 Å². The molecule has 1 N–H and O–H groups in total. The lowest BCUT2D eigenvalue weighted by atomic mass is 9.91. The van der Waals surface area contributed by atoms with Gasteiger partial charge in [0.1, 0.15) is 0 Å². The van der Waals surface area contributed by atoms with E-state index in [1.807, 2.05) is 0 Å². The Balaban J connectivity index is 2.60. The minimum atomic E-state index is -4.77. The zero-order chi connectivity index (χ0) is 13.4. The fraction of sp³-hybridized carbons (Fsp3) is 0.167. The second-order valence-electron chi connectivity index (χ2n) is 3.69. The number of hydrogen-bond acceptors (Lipinski definition) is 2. The number of thiophene rings is 1. The smallest absolute Gasteiger partial charge is 0.372 e. The van der Waals surface area contributed by atoms with Crippen molar-refractivity contribution in [3.05, 3.63) is 56.7 Å². The van der Waals surface area contributed by atoms with Crippen LogP contribution in [-0.4, -0.2) is 11.3 Å². The number of benzene rings is 1. The van der Waals surface area contributed by atoms with Crippen LogP contribution in [0, 0.1) is 0 Å². The van der Waals surface area contributed by atoms with Crippen molar-refractivity contribution in [3.8, 4) is 0 Å². The molecule has 0 bridgehead atoms. The first-order valence-electron chi connectivity index (χ1n) is 4.95. The van der Waals surface area contributed by atoms with Gasteiger partial charge in [-0.3, -0.25) is 0 Å². The summed E-state index contributed by atoms with van der Waals surface area (Å²) in [5.74, 6) is 0. The lowest BCUT2D eigenvalue weighted by molar-refractivity contribution is -0.247. The van der Waals surface area contributed by atoms with Gasteiger partial charge >= 0.3 is 6.18 Å². The van der Waals surface area contributed by atoms with E-state index in [1.165, 1.54) is 41.8 Å². The van der Waals surface area contributed by atoms with Crippen LogP contribution >= 0.6 is 27.3 Å². The Bertz CT molecular complexity index is 521. The van der Waals surface area contributed by atoms with E-state index in [-0.39, 0.29) is 10.4 Å². The Morgan fingerprint density at radius 1 is 1.06 bits per heavy atom. The Hall–Kier alpha value is -0.850. The van der Waals surface area contributed by atoms with Crippen LogP contribution in [0.25, 0.3) is 0 Å². The van der Waals surface area contributed by atoms with Gasteiger partial charge in [-0.2, -0.15) is 13.2 Å². The average molecular weight is 337 g/mol. The van der Waals surface area contributed by atoms with Crippen molar-refractivity contribution in [3.63, 3.8) is 0 Å². The van der Waals surface area contributed by atoms with E-state index in [9.17, 15) is 18.3 Å². The zero-order valence-electron chi connectivity index (χ0n) is 8.91. The molecule has 0 aliphatic rings. The van der Waals surface area contributed by atoms with Gasteiger partial charge in [0, 0.05) is 9.35 Å². The van der Waals surface area contributed by atoms with Crippen molar-refractivity contribution in [2.75, 3.05) is 0 Å². The van der Waals surface area contributed by atoms with Crippen LogP contribution in [0.4, 0.5) is 13.2 Å². The molecule has 0 amide bonds. The predicted octanol–water partition coefficient (Wildman–Crippen LogP) is 4.31. The topological polar surface area (TPSA) is 20.2 Å². The molecule has 0 saturated carbocycles. The number of halogens is 4. The highest BCUT2D eigenvalue weighted by molar-refractivity contribution is 9.10. The Morgan fingerprint density at radius 2 is 1.67 bits per heavy atom. The predicted molar refractivity (Wildman–Crippen MR) is 67.5 cm³/mol. The summed E-state index contributed by atoms with van der Waals surface area (Å²) in [6.45, 7) is 0. The molecule has 18 heavy (non-hydrogen) atoms. The van der Waals surface area contributed by atoms with Crippen LogP contribution in [0.2, 0.25) is 0 Å². The summed E-state index contributed by atoms with van der Waals surface area (Å²) in [6, 6.07) is 8.23. The highest BCUT2D eigenvalue weighted by Gasteiger charge is 2.56. The minimum Gasteiger partial charge on any atom is -0.372 e. The molecule has 0 fully saturated rings. The molecular formula is C12H8BrF3OS. The second-order valence-corrected chi connectivity index (χ2v) is 5.56. The summed E-state index contributed by atoms with van der Waals surface area (Å²) in [4.78, 5) is -0.141. The highest BCUT2D eigenvalue weighted by Crippen LogP contribution is 2.45. The Labute approximate surface area is 114 Å². The van der Waals surface area contributed by atoms with Gasteiger partial charge in [-0.1, -0.05) is 34.1 Å². The van der Waals surface area contributed by atoms with Crippen LogP contribution in [0.5, 0.6) is 0 Å². The van der Waals surface area contributed by atoms with E-state index in [0.717, 1.165) is 11.3 Å². The van der Waals surface area contributed by atoms with E-state index < -0.39 is 11.8 Å². The normalized spacial score (nSPS) is 15.4. The van der Waals surface area contributed by atoms with Gasteiger partial charge in [-0.15, -0.1) is 11.3 Å². The lowest BCUT2D eigenvalue weighted by Crippen LogP contribution is -2.42. The first-order chi connectivity index (χ1) is 8.35. The van der Waals surface area contributed by atoms with Gasteiger partial charge < -0.3 is 5.11 Å². The SMILES string of the molecule is OC(c1ccc(Br)cc1)(c1cccs1)C(F)(F)F. The maximum absolute atomic E-state index is 13.2. The van der Waals surface area contributed by atoms with Crippen LogP contribution in [-0.2, 0) is 5.60 Å². The first-order valence-corrected chi connectivity index (χ1v) is 6.62. The molecule has 1 unspecified atom stereocenters. The third-order valence-electron chi connectivity index (χ3n) is 2.55. The van der Waals surface area contributed by atoms with Crippen LogP contribution in [0.15, 0.2) is 46.3 Å². The number of alkyl halides is 3. The second kappa shape index (κ2) is 4.68. The van der Waals surface area contributed by atoms with E-state index in [1.54, 1.807) is 0 Å². The molecule has 1 atom stereocenters. The van der Waals surface area contributed by atoms with E-state index in [2.05, 4.69) is 15.9 Å². The number of rotatable bonds is 2. The summed E-state index contributed by atoms with van der Waals surface area (Å²) in [5.41, 5.74) is -3.15. The summed E-state index contributed by atoms with van der Waals surface area (Å²) >= 11 is 4.03. The highest BCUT2D eigenvalue weighted by atomic mass is 79.9. The molecule has 0 radical (unpaired) electrons. The molecule has 1 heterocycles. The maximum Gasteiger partial charge on any atom is 0.426 e. The zero-order valence-corrected chi connectivity index (χ0v) is 11.3. The fourth-order valence-electron chi connectivity index (χ4n) is 1.62. The molecule has 0 spiro atoms. The summed E-state index contributed by atoms with van der Waals surface area (Å²) < 4.78 is 40.3. The fourth-order valence-corrected chi connectivity index (χ4v) is 2.75. The first kappa shape index (κ1) is 13.6. The molecule has 6 heteroatoms. The van der Waals surface area contributed by atoms with Gasteiger partial charge in [0.25, 0.3) is 0 Å². The molecule has 96 valence electrons. The average Bonchev–Trinajstić information content (AvgIpc) is 2.81. The van der Waals surface area contributed by atoms with Gasteiger partial charge in [0.15, 0.2) is 0 Å². The molecule has 2 rings (SSSR count). The summed E-state index contributed by atoms with van der Waals surface area (Å²) in [6.07, 6.45) is -4.77. The molecule has 0 saturated heterocycles. The maximum atomic E-state index is 13.2. The van der Waals surface area contributed by atoms with E-state index in [0.29, 0.717) is 4.47 Å². The van der Waals surface area contributed by atoms with Crippen molar-refractivity contribution in [2.45, 2.75) is 11.8 Å². The van der Waals surface area contributed by atoms with Crippen molar-refractivity contribution in [1.29, 1.82) is 0 Å². The van der Waals surface area contributed by atoms with Gasteiger partial charge in [0.2, 0.25) is 5.60 Å². The minimum absolute atomic E-state index is 0.141. The van der Waals surface area contributed by atoms with Crippen LogP contribution < -0.4 is 0 Å². The van der Waals surface area contributed by atoms with Crippen LogP contribution in [0.1, 0.15) is 10.4 Å². The molecule has 2 aromatic rings. The van der Waals surface area contributed by atoms with Crippen molar-refractivity contribution in [2.24, 2.45) is 0 Å². The number of hydrogen-bond donors (Lipinski definition) is 1. The largest absolute Gasteiger partial charge is 0.426 e. The standard InChI is InChI=1S/C12H8BrF3OS/c13-9-5-3-8(4-6-9)11(17,12(14,15)16)10-2-1-7-18-10/h1-7,17H. The van der Waals surface area contributed by atoms with Crippen molar-refractivity contribution < 1.29 is 18.3 Å². The summed E-state index contributed by atoms with van der Waals surface area (Å²) in [5, 5.41) is 11.6. The van der Waals surface area contributed by atoms with E-state index in [4.69, 9.17) is 0 Å².